The van der Waals surface area contributed by atoms with Crippen LogP contribution in [0.3, 0.4) is 0 Å². The summed E-state index contributed by atoms with van der Waals surface area (Å²) in [6, 6.07) is 13.3. The normalized spacial score (nSPS) is 10.3. The molecule has 2 aromatic rings. The number of aryl methyl sites for hydroxylation is 3. The zero-order chi connectivity index (χ0) is 17.5. The first kappa shape index (κ1) is 17.7. The molecule has 0 aliphatic carbocycles. The van der Waals surface area contributed by atoms with Crippen LogP contribution < -0.4 is 10.6 Å². The molecule has 0 bridgehead atoms. The molecule has 2 amide bonds. The molecule has 2 N–H and O–H groups in total. The third-order valence-corrected chi connectivity index (χ3v) is 3.88. The fourth-order valence-corrected chi connectivity index (χ4v) is 2.37. The number of amides is 2. The van der Waals surface area contributed by atoms with Crippen molar-refractivity contribution >= 4 is 23.2 Å². The van der Waals surface area contributed by atoms with Crippen LogP contribution in [0, 0.1) is 13.8 Å². The molecule has 126 valence electrons. The molecular formula is C20H24N2O2. The highest BCUT2D eigenvalue weighted by molar-refractivity contribution is 6.43. The van der Waals surface area contributed by atoms with Gasteiger partial charge in [0.05, 0.1) is 0 Å². The van der Waals surface area contributed by atoms with Gasteiger partial charge < -0.3 is 10.6 Å². The predicted molar refractivity (Wildman–Crippen MR) is 98.2 cm³/mol. The number of anilines is 2. The summed E-state index contributed by atoms with van der Waals surface area (Å²) < 4.78 is 0. The Morgan fingerprint density at radius 1 is 0.917 bits per heavy atom. The minimum atomic E-state index is -0.669. The molecule has 0 saturated heterocycles. The van der Waals surface area contributed by atoms with E-state index in [-0.39, 0.29) is 0 Å². The van der Waals surface area contributed by atoms with Gasteiger partial charge in [0.25, 0.3) is 0 Å². The number of carbonyl (C=O) groups is 2. The van der Waals surface area contributed by atoms with Crippen molar-refractivity contribution < 1.29 is 9.59 Å². The molecule has 0 aromatic heterocycles. The van der Waals surface area contributed by atoms with Crippen molar-refractivity contribution in [1.82, 2.24) is 0 Å². The van der Waals surface area contributed by atoms with Crippen molar-refractivity contribution in [2.45, 2.75) is 40.0 Å². The summed E-state index contributed by atoms with van der Waals surface area (Å²) in [7, 11) is 0. The minimum Gasteiger partial charge on any atom is -0.318 e. The van der Waals surface area contributed by atoms with Gasteiger partial charge in [-0.3, -0.25) is 9.59 Å². The molecule has 4 heteroatoms. The second-order valence-corrected chi connectivity index (χ2v) is 6.03. The predicted octanol–water partition coefficient (Wildman–Crippen LogP) is 4.22. The first-order valence-corrected chi connectivity index (χ1v) is 8.28. The van der Waals surface area contributed by atoms with E-state index in [0.717, 1.165) is 30.4 Å². The zero-order valence-electron chi connectivity index (χ0n) is 14.5. The Kier molecular flexibility index (Phi) is 6.13. The summed E-state index contributed by atoms with van der Waals surface area (Å²) in [4.78, 5) is 24.1. The lowest BCUT2D eigenvalue weighted by molar-refractivity contribution is -0.133. The first-order chi connectivity index (χ1) is 11.5. The highest BCUT2D eigenvalue weighted by atomic mass is 16.2. The molecule has 2 aromatic carbocycles. The molecule has 0 spiro atoms. The number of benzene rings is 2. The second kappa shape index (κ2) is 8.29. The van der Waals surface area contributed by atoms with Gasteiger partial charge in [0.2, 0.25) is 0 Å². The molecular weight excluding hydrogens is 300 g/mol. The van der Waals surface area contributed by atoms with E-state index in [1.165, 1.54) is 5.56 Å². The van der Waals surface area contributed by atoms with Crippen LogP contribution in [0.25, 0.3) is 0 Å². The summed E-state index contributed by atoms with van der Waals surface area (Å²) in [5.41, 5.74) is 4.46. The standard InChI is InChI=1S/C20H24N2O2/c1-4-5-6-16-9-11-17(12-10-16)21-19(23)20(24)22-18-13-14(2)7-8-15(18)3/h7-13H,4-6H2,1-3H3,(H,21,23)(H,22,24). The Morgan fingerprint density at radius 2 is 1.58 bits per heavy atom. The molecule has 0 fully saturated rings. The lowest BCUT2D eigenvalue weighted by Gasteiger charge is -2.10. The number of hydrogen-bond acceptors (Lipinski definition) is 2. The molecule has 0 saturated carbocycles. The van der Waals surface area contributed by atoms with E-state index in [1.54, 1.807) is 0 Å². The maximum Gasteiger partial charge on any atom is 0.314 e. The number of rotatable bonds is 5. The molecule has 24 heavy (non-hydrogen) atoms. The van der Waals surface area contributed by atoms with E-state index in [2.05, 4.69) is 17.6 Å². The SMILES string of the molecule is CCCCc1ccc(NC(=O)C(=O)Nc2cc(C)ccc2C)cc1. The van der Waals surface area contributed by atoms with Crippen LogP contribution in [-0.2, 0) is 16.0 Å². The third-order valence-electron chi connectivity index (χ3n) is 3.88. The maximum absolute atomic E-state index is 12.1. The van der Waals surface area contributed by atoms with E-state index in [4.69, 9.17) is 0 Å². The van der Waals surface area contributed by atoms with Crippen molar-refractivity contribution in [3.8, 4) is 0 Å². The van der Waals surface area contributed by atoms with Gasteiger partial charge in [-0.1, -0.05) is 37.6 Å². The van der Waals surface area contributed by atoms with Crippen LogP contribution in [0.4, 0.5) is 11.4 Å². The van der Waals surface area contributed by atoms with Crippen LogP contribution in [0.1, 0.15) is 36.5 Å². The number of hydrogen-bond donors (Lipinski definition) is 2. The minimum absolute atomic E-state index is 0.622. The zero-order valence-corrected chi connectivity index (χ0v) is 14.5. The molecule has 0 unspecified atom stereocenters. The van der Waals surface area contributed by atoms with Crippen LogP contribution >= 0.6 is 0 Å². The van der Waals surface area contributed by atoms with Crippen LogP contribution in [-0.4, -0.2) is 11.8 Å². The van der Waals surface area contributed by atoms with E-state index < -0.39 is 11.8 Å². The molecule has 0 aliphatic heterocycles. The van der Waals surface area contributed by atoms with Crippen molar-refractivity contribution in [2.75, 3.05) is 10.6 Å². The quantitative estimate of drug-likeness (QED) is 0.809. The van der Waals surface area contributed by atoms with Crippen molar-refractivity contribution in [3.63, 3.8) is 0 Å². The fraction of sp³-hybridized carbons (Fsp3) is 0.300. The van der Waals surface area contributed by atoms with Crippen LogP contribution in [0.5, 0.6) is 0 Å². The van der Waals surface area contributed by atoms with Gasteiger partial charge in [0.15, 0.2) is 0 Å². The van der Waals surface area contributed by atoms with E-state index in [1.807, 2.05) is 56.3 Å². The van der Waals surface area contributed by atoms with Crippen LogP contribution in [0.15, 0.2) is 42.5 Å². The summed E-state index contributed by atoms with van der Waals surface area (Å²) in [5.74, 6) is -1.34. The van der Waals surface area contributed by atoms with E-state index >= 15 is 0 Å². The average molecular weight is 324 g/mol. The topological polar surface area (TPSA) is 58.2 Å². The first-order valence-electron chi connectivity index (χ1n) is 8.28. The third kappa shape index (κ3) is 4.95. The second-order valence-electron chi connectivity index (χ2n) is 6.03. The fourth-order valence-electron chi connectivity index (χ4n) is 2.37. The highest BCUT2D eigenvalue weighted by Crippen LogP contribution is 2.16. The van der Waals surface area contributed by atoms with E-state index in [0.29, 0.717) is 11.4 Å². The number of nitrogens with one attached hydrogen (secondary N) is 2. The average Bonchev–Trinajstić information content (AvgIpc) is 2.57. The molecule has 0 heterocycles. The highest BCUT2D eigenvalue weighted by Gasteiger charge is 2.15. The van der Waals surface area contributed by atoms with Gasteiger partial charge in [0, 0.05) is 11.4 Å². The Bertz CT molecular complexity index is 721. The monoisotopic (exact) mass is 324 g/mol. The largest absolute Gasteiger partial charge is 0.318 e. The van der Waals surface area contributed by atoms with Crippen molar-refractivity contribution in [1.29, 1.82) is 0 Å². The number of unbranched alkanes of at least 4 members (excludes halogenated alkanes) is 1. The lowest BCUT2D eigenvalue weighted by Crippen LogP contribution is -2.29. The lowest BCUT2D eigenvalue weighted by atomic mass is 10.1. The van der Waals surface area contributed by atoms with Gasteiger partial charge in [-0.2, -0.15) is 0 Å². The smallest absolute Gasteiger partial charge is 0.314 e. The Balaban J connectivity index is 1.96. The molecule has 0 radical (unpaired) electrons. The molecule has 0 atom stereocenters. The van der Waals surface area contributed by atoms with Gasteiger partial charge in [-0.05, 0) is 61.6 Å². The summed E-state index contributed by atoms with van der Waals surface area (Å²) in [6.07, 6.45) is 3.32. The molecule has 0 aliphatic rings. The number of carbonyl (C=O) groups excluding carboxylic acids is 2. The molecule has 4 nitrogen and oxygen atoms in total. The summed E-state index contributed by atoms with van der Waals surface area (Å²) in [5, 5.41) is 5.29. The van der Waals surface area contributed by atoms with Gasteiger partial charge in [-0.25, -0.2) is 0 Å². The summed E-state index contributed by atoms with van der Waals surface area (Å²) in [6.45, 7) is 5.99. The Morgan fingerprint density at radius 3 is 2.25 bits per heavy atom. The van der Waals surface area contributed by atoms with Gasteiger partial charge in [-0.15, -0.1) is 0 Å². The van der Waals surface area contributed by atoms with Gasteiger partial charge >= 0.3 is 11.8 Å². The van der Waals surface area contributed by atoms with Crippen molar-refractivity contribution in [3.05, 3.63) is 59.2 Å². The van der Waals surface area contributed by atoms with Gasteiger partial charge in [0.1, 0.15) is 0 Å². The maximum atomic E-state index is 12.1. The molecule has 2 rings (SSSR count). The summed E-state index contributed by atoms with van der Waals surface area (Å²) >= 11 is 0. The Hall–Kier alpha value is -2.62. The van der Waals surface area contributed by atoms with Crippen LogP contribution in [0.2, 0.25) is 0 Å². The Labute approximate surface area is 143 Å². The van der Waals surface area contributed by atoms with Crippen molar-refractivity contribution in [2.24, 2.45) is 0 Å². The van der Waals surface area contributed by atoms with E-state index in [9.17, 15) is 9.59 Å².